The summed E-state index contributed by atoms with van der Waals surface area (Å²) in [5, 5.41) is 14.9. The van der Waals surface area contributed by atoms with Gasteiger partial charge in [0.1, 0.15) is 5.75 Å². The number of benzene rings is 3. The van der Waals surface area contributed by atoms with Crippen LogP contribution in [0.3, 0.4) is 0 Å². The van der Waals surface area contributed by atoms with E-state index in [2.05, 4.69) is 10.6 Å². The largest absolute Gasteiger partial charge is 0.484 e. The number of nitrogens with one attached hydrogen (secondary N) is 2. The fourth-order valence-corrected chi connectivity index (χ4v) is 2.64. The fraction of sp³-hybridized carbons (Fsp3) is 0.0455. The van der Waals surface area contributed by atoms with Crippen molar-refractivity contribution in [2.24, 2.45) is 0 Å². The molecule has 0 unspecified atom stereocenters. The molecule has 0 heterocycles. The van der Waals surface area contributed by atoms with E-state index in [1.807, 2.05) is 6.07 Å². The van der Waals surface area contributed by atoms with Crippen LogP contribution in [0.15, 0.2) is 72.8 Å². The summed E-state index contributed by atoms with van der Waals surface area (Å²) in [4.78, 5) is 24.9. The van der Waals surface area contributed by atoms with Crippen LogP contribution in [0.25, 0.3) is 0 Å². The number of hydrogen-bond donors (Lipinski definition) is 2. The van der Waals surface area contributed by atoms with Crippen LogP contribution < -0.4 is 15.4 Å². The fourth-order valence-electron chi connectivity index (χ4n) is 2.51. The van der Waals surface area contributed by atoms with Crippen molar-refractivity contribution in [3.8, 4) is 11.8 Å². The van der Waals surface area contributed by atoms with Crippen LogP contribution in [-0.2, 0) is 4.79 Å². The Labute approximate surface area is 172 Å². The zero-order valence-corrected chi connectivity index (χ0v) is 15.9. The van der Waals surface area contributed by atoms with E-state index in [1.165, 1.54) is 0 Å². The van der Waals surface area contributed by atoms with E-state index >= 15 is 0 Å². The monoisotopic (exact) mass is 405 g/mol. The molecule has 3 rings (SSSR count). The second-order valence-electron chi connectivity index (χ2n) is 5.98. The lowest BCUT2D eigenvalue weighted by Gasteiger charge is -2.12. The summed E-state index contributed by atoms with van der Waals surface area (Å²) < 4.78 is 5.41. The molecule has 3 aromatic carbocycles. The number of ether oxygens (including phenoxy) is 1. The summed E-state index contributed by atoms with van der Waals surface area (Å²) in [6, 6.07) is 21.9. The van der Waals surface area contributed by atoms with Crippen molar-refractivity contribution in [1.82, 2.24) is 0 Å². The Hall–Kier alpha value is -3.82. The van der Waals surface area contributed by atoms with Crippen LogP contribution >= 0.6 is 11.6 Å². The van der Waals surface area contributed by atoms with E-state index < -0.39 is 5.91 Å². The van der Waals surface area contributed by atoms with Crippen molar-refractivity contribution < 1.29 is 14.3 Å². The highest BCUT2D eigenvalue weighted by atomic mass is 35.5. The molecule has 6 nitrogen and oxygen atoms in total. The number of amides is 2. The van der Waals surface area contributed by atoms with E-state index in [-0.39, 0.29) is 12.5 Å². The number of para-hydroxylation sites is 1. The molecule has 0 fully saturated rings. The normalized spacial score (nSPS) is 9.93. The van der Waals surface area contributed by atoms with Crippen molar-refractivity contribution in [2.45, 2.75) is 0 Å². The second-order valence-corrected chi connectivity index (χ2v) is 6.42. The molecule has 0 saturated heterocycles. The Balaban J connectivity index is 1.65. The Bertz CT molecular complexity index is 1080. The van der Waals surface area contributed by atoms with Crippen molar-refractivity contribution >= 4 is 34.8 Å². The van der Waals surface area contributed by atoms with Crippen LogP contribution in [0.5, 0.6) is 5.75 Å². The third kappa shape index (κ3) is 5.58. The first-order valence-electron chi connectivity index (χ1n) is 8.64. The number of nitrogens with zero attached hydrogens (tertiary/aromatic N) is 1. The summed E-state index contributed by atoms with van der Waals surface area (Å²) >= 11 is 5.85. The minimum absolute atomic E-state index is 0.262. The lowest BCUT2D eigenvalue weighted by atomic mass is 10.1. The zero-order valence-electron chi connectivity index (χ0n) is 15.2. The molecular formula is C22H16ClN3O3. The second kappa shape index (κ2) is 9.40. The number of carbonyl (C=O) groups excluding carboxylic acids is 2. The number of hydrogen-bond acceptors (Lipinski definition) is 4. The lowest BCUT2D eigenvalue weighted by Crippen LogP contribution is -2.22. The van der Waals surface area contributed by atoms with Gasteiger partial charge in [-0.05, 0) is 54.6 Å². The van der Waals surface area contributed by atoms with Gasteiger partial charge in [0, 0.05) is 10.7 Å². The smallest absolute Gasteiger partial charge is 0.262 e. The van der Waals surface area contributed by atoms with Gasteiger partial charge in [0.25, 0.3) is 11.8 Å². The molecule has 0 radical (unpaired) electrons. The summed E-state index contributed by atoms with van der Waals surface area (Å²) in [5.74, 6) is -0.391. The van der Waals surface area contributed by atoms with Crippen molar-refractivity contribution in [3.05, 3.63) is 88.9 Å². The van der Waals surface area contributed by atoms with Crippen molar-refractivity contribution in [2.75, 3.05) is 17.2 Å². The Morgan fingerprint density at radius 3 is 2.48 bits per heavy atom. The van der Waals surface area contributed by atoms with Crippen LogP contribution in [0.1, 0.15) is 15.9 Å². The van der Waals surface area contributed by atoms with Gasteiger partial charge < -0.3 is 15.4 Å². The third-order valence-corrected chi connectivity index (χ3v) is 4.13. The first-order chi connectivity index (χ1) is 14.0. The summed E-state index contributed by atoms with van der Waals surface area (Å²) in [7, 11) is 0. The maximum Gasteiger partial charge on any atom is 0.262 e. The summed E-state index contributed by atoms with van der Waals surface area (Å²) in [5.41, 5.74) is 1.69. The van der Waals surface area contributed by atoms with Gasteiger partial charge in [0.2, 0.25) is 0 Å². The number of rotatable bonds is 6. The Kier molecular flexibility index (Phi) is 6.46. The maximum atomic E-state index is 12.6. The number of halogens is 1. The highest BCUT2D eigenvalue weighted by Gasteiger charge is 2.14. The molecule has 2 amide bonds. The first kappa shape index (κ1) is 19.9. The lowest BCUT2D eigenvalue weighted by molar-refractivity contribution is -0.118. The molecule has 0 aliphatic carbocycles. The molecule has 0 aliphatic rings. The average molecular weight is 406 g/mol. The molecule has 0 spiro atoms. The number of anilines is 2. The highest BCUT2D eigenvalue weighted by molar-refractivity contribution is 6.30. The van der Waals surface area contributed by atoms with Gasteiger partial charge in [-0.3, -0.25) is 9.59 Å². The molecule has 2 N–H and O–H groups in total. The standard InChI is InChI=1S/C22H16ClN3O3/c23-16-8-10-17(11-9-16)25-22(28)19-6-1-2-7-20(19)26-21(27)14-29-18-5-3-4-15(12-18)13-24/h1-12H,14H2,(H,25,28)(H,26,27). The van der Waals surface area contributed by atoms with Crippen LogP contribution in [0.4, 0.5) is 11.4 Å². The summed E-state index contributed by atoms with van der Waals surface area (Å²) in [6.45, 7) is -0.262. The van der Waals surface area contributed by atoms with Gasteiger partial charge >= 0.3 is 0 Å². The van der Waals surface area contributed by atoms with Gasteiger partial charge in [-0.1, -0.05) is 29.8 Å². The van der Waals surface area contributed by atoms with Gasteiger partial charge in [-0.25, -0.2) is 0 Å². The molecule has 0 aromatic heterocycles. The molecule has 3 aromatic rings. The van der Waals surface area contributed by atoms with E-state index in [0.717, 1.165) is 0 Å². The molecule has 0 saturated carbocycles. The van der Waals surface area contributed by atoms with Crippen LogP contribution in [0.2, 0.25) is 5.02 Å². The highest BCUT2D eigenvalue weighted by Crippen LogP contribution is 2.19. The molecule has 0 aliphatic heterocycles. The first-order valence-corrected chi connectivity index (χ1v) is 9.02. The number of carbonyl (C=O) groups is 2. The zero-order chi connectivity index (χ0) is 20.6. The van der Waals surface area contributed by atoms with Crippen LogP contribution in [0, 0.1) is 11.3 Å². The van der Waals surface area contributed by atoms with Gasteiger partial charge in [-0.2, -0.15) is 5.26 Å². The van der Waals surface area contributed by atoms with Crippen molar-refractivity contribution in [3.63, 3.8) is 0 Å². The molecule has 0 bridgehead atoms. The predicted molar refractivity (Wildman–Crippen MR) is 111 cm³/mol. The van der Waals surface area contributed by atoms with E-state index in [0.29, 0.717) is 33.3 Å². The average Bonchev–Trinajstić information content (AvgIpc) is 2.74. The minimum Gasteiger partial charge on any atom is -0.484 e. The Morgan fingerprint density at radius 1 is 0.966 bits per heavy atom. The molecule has 7 heteroatoms. The van der Waals surface area contributed by atoms with Gasteiger partial charge in [-0.15, -0.1) is 0 Å². The SMILES string of the molecule is N#Cc1cccc(OCC(=O)Nc2ccccc2C(=O)Nc2ccc(Cl)cc2)c1. The van der Waals surface area contributed by atoms with Crippen LogP contribution in [-0.4, -0.2) is 18.4 Å². The van der Waals surface area contributed by atoms with Gasteiger partial charge in [0.05, 0.1) is 22.9 Å². The third-order valence-electron chi connectivity index (χ3n) is 3.88. The molecule has 29 heavy (non-hydrogen) atoms. The summed E-state index contributed by atoms with van der Waals surface area (Å²) in [6.07, 6.45) is 0. The minimum atomic E-state index is -0.431. The molecular weight excluding hydrogens is 390 g/mol. The topological polar surface area (TPSA) is 91.2 Å². The number of nitriles is 1. The van der Waals surface area contributed by atoms with E-state index in [1.54, 1.807) is 72.8 Å². The Morgan fingerprint density at radius 2 is 1.72 bits per heavy atom. The quantitative estimate of drug-likeness (QED) is 0.632. The molecule has 144 valence electrons. The molecule has 0 atom stereocenters. The van der Waals surface area contributed by atoms with Gasteiger partial charge in [0.15, 0.2) is 6.61 Å². The van der Waals surface area contributed by atoms with E-state index in [4.69, 9.17) is 21.6 Å². The van der Waals surface area contributed by atoms with E-state index in [9.17, 15) is 9.59 Å². The maximum absolute atomic E-state index is 12.6. The van der Waals surface area contributed by atoms with Crippen molar-refractivity contribution in [1.29, 1.82) is 5.26 Å². The predicted octanol–water partition coefficient (Wildman–Crippen LogP) is 4.48.